The SMILES string of the molecule is C=CCCCOCC1CCCCCC1. The van der Waals surface area contributed by atoms with Crippen molar-refractivity contribution in [2.24, 2.45) is 5.92 Å². The molecule has 0 aromatic carbocycles. The molecule has 1 rings (SSSR count). The van der Waals surface area contributed by atoms with Crippen molar-refractivity contribution in [3.05, 3.63) is 12.7 Å². The minimum absolute atomic E-state index is 0.848. The molecule has 0 bridgehead atoms. The Labute approximate surface area is 88.5 Å². The van der Waals surface area contributed by atoms with Gasteiger partial charge in [0.1, 0.15) is 0 Å². The minimum atomic E-state index is 0.848. The maximum absolute atomic E-state index is 5.68. The first kappa shape index (κ1) is 11.8. The van der Waals surface area contributed by atoms with Gasteiger partial charge in [0.2, 0.25) is 0 Å². The third kappa shape index (κ3) is 5.43. The van der Waals surface area contributed by atoms with E-state index in [0.717, 1.165) is 32.0 Å². The summed E-state index contributed by atoms with van der Waals surface area (Å²) in [6, 6.07) is 0. The normalized spacial score (nSPS) is 19.1. The predicted octanol–water partition coefficient (Wildman–Crippen LogP) is 3.94. The quantitative estimate of drug-likeness (QED) is 0.355. The number of ether oxygens (including phenoxy) is 1. The molecular weight excluding hydrogens is 172 g/mol. The van der Waals surface area contributed by atoms with Crippen LogP contribution in [0.25, 0.3) is 0 Å². The summed E-state index contributed by atoms with van der Waals surface area (Å²) >= 11 is 0. The Morgan fingerprint density at radius 3 is 2.50 bits per heavy atom. The molecule has 0 unspecified atom stereocenters. The second kappa shape index (κ2) is 8.05. The Bertz CT molecular complexity index is 134. The van der Waals surface area contributed by atoms with Crippen molar-refractivity contribution in [3.8, 4) is 0 Å². The molecule has 0 atom stereocenters. The number of unbranched alkanes of at least 4 members (excludes halogenated alkanes) is 1. The van der Waals surface area contributed by atoms with Gasteiger partial charge in [0, 0.05) is 13.2 Å². The molecule has 0 N–H and O–H groups in total. The highest BCUT2D eigenvalue weighted by molar-refractivity contribution is 4.66. The van der Waals surface area contributed by atoms with Gasteiger partial charge in [-0.1, -0.05) is 31.8 Å². The first-order valence-electron chi connectivity index (χ1n) is 6.12. The number of hydrogen-bond acceptors (Lipinski definition) is 1. The van der Waals surface area contributed by atoms with Crippen molar-refractivity contribution in [3.63, 3.8) is 0 Å². The molecule has 0 spiro atoms. The highest BCUT2D eigenvalue weighted by atomic mass is 16.5. The van der Waals surface area contributed by atoms with Crippen molar-refractivity contribution in [1.29, 1.82) is 0 Å². The molecule has 0 radical (unpaired) electrons. The molecular formula is C13H24O. The number of allylic oxidation sites excluding steroid dienone is 1. The number of rotatable bonds is 6. The molecule has 0 aliphatic heterocycles. The van der Waals surface area contributed by atoms with E-state index < -0.39 is 0 Å². The van der Waals surface area contributed by atoms with Gasteiger partial charge in [-0.3, -0.25) is 0 Å². The lowest BCUT2D eigenvalue weighted by molar-refractivity contribution is 0.0925. The first-order chi connectivity index (χ1) is 6.93. The fourth-order valence-corrected chi connectivity index (χ4v) is 2.11. The third-order valence-corrected chi connectivity index (χ3v) is 3.03. The van der Waals surface area contributed by atoms with Crippen LogP contribution in [0.2, 0.25) is 0 Å². The average Bonchev–Trinajstić information content (AvgIpc) is 2.46. The fourth-order valence-electron chi connectivity index (χ4n) is 2.11. The molecule has 0 heterocycles. The molecule has 1 aliphatic rings. The topological polar surface area (TPSA) is 9.23 Å². The van der Waals surface area contributed by atoms with E-state index in [0.29, 0.717) is 0 Å². The van der Waals surface area contributed by atoms with Gasteiger partial charge in [0.05, 0.1) is 0 Å². The summed E-state index contributed by atoms with van der Waals surface area (Å²) in [5, 5.41) is 0. The van der Waals surface area contributed by atoms with Gasteiger partial charge in [-0.15, -0.1) is 6.58 Å². The van der Waals surface area contributed by atoms with Gasteiger partial charge in [0.25, 0.3) is 0 Å². The minimum Gasteiger partial charge on any atom is -0.381 e. The van der Waals surface area contributed by atoms with E-state index in [9.17, 15) is 0 Å². The molecule has 1 nitrogen and oxygen atoms in total. The lowest BCUT2D eigenvalue weighted by Crippen LogP contribution is -2.09. The van der Waals surface area contributed by atoms with Gasteiger partial charge in [0.15, 0.2) is 0 Å². The summed E-state index contributed by atoms with van der Waals surface area (Å²) in [5.74, 6) is 0.848. The van der Waals surface area contributed by atoms with E-state index in [4.69, 9.17) is 4.74 Å². The zero-order valence-electron chi connectivity index (χ0n) is 9.34. The molecule has 14 heavy (non-hydrogen) atoms. The van der Waals surface area contributed by atoms with Crippen molar-refractivity contribution in [2.75, 3.05) is 13.2 Å². The highest BCUT2D eigenvalue weighted by Crippen LogP contribution is 2.22. The van der Waals surface area contributed by atoms with Crippen molar-refractivity contribution in [2.45, 2.75) is 51.4 Å². The van der Waals surface area contributed by atoms with Crippen LogP contribution in [-0.4, -0.2) is 13.2 Å². The Balaban J connectivity index is 1.96. The second-order valence-corrected chi connectivity index (χ2v) is 4.36. The smallest absolute Gasteiger partial charge is 0.0494 e. The Morgan fingerprint density at radius 1 is 1.14 bits per heavy atom. The Morgan fingerprint density at radius 2 is 1.86 bits per heavy atom. The maximum atomic E-state index is 5.68. The van der Waals surface area contributed by atoms with Crippen LogP contribution >= 0.6 is 0 Å². The van der Waals surface area contributed by atoms with E-state index in [1.54, 1.807) is 0 Å². The standard InChI is InChI=1S/C13H24O/c1-2-3-8-11-14-12-13-9-6-4-5-7-10-13/h2,13H,1,3-12H2. The van der Waals surface area contributed by atoms with E-state index in [2.05, 4.69) is 6.58 Å². The van der Waals surface area contributed by atoms with Crippen molar-refractivity contribution < 1.29 is 4.74 Å². The van der Waals surface area contributed by atoms with Crippen LogP contribution in [-0.2, 0) is 4.74 Å². The van der Waals surface area contributed by atoms with Crippen molar-refractivity contribution in [1.82, 2.24) is 0 Å². The molecule has 1 fully saturated rings. The average molecular weight is 196 g/mol. The molecule has 0 saturated heterocycles. The van der Waals surface area contributed by atoms with E-state index in [1.807, 2.05) is 6.08 Å². The van der Waals surface area contributed by atoms with Crippen LogP contribution in [0, 0.1) is 5.92 Å². The van der Waals surface area contributed by atoms with Gasteiger partial charge < -0.3 is 4.74 Å². The van der Waals surface area contributed by atoms with Gasteiger partial charge in [-0.05, 0) is 31.6 Å². The van der Waals surface area contributed by atoms with E-state index in [-0.39, 0.29) is 0 Å². The summed E-state index contributed by atoms with van der Waals surface area (Å²) in [7, 11) is 0. The van der Waals surface area contributed by atoms with Crippen LogP contribution in [0.5, 0.6) is 0 Å². The summed E-state index contributed by atoms with van der Waals surface area (Å²) < 4.78 is 5.68. The largest absolute Gasteiger partial charge is 0.381 e. The second-order valence-electron chi connectivity index (χ2n) is 4.36. The fraction of sp³-hybridized carbons (Fsp3) is 0.846. The van der Waals surface area contributed by atoms with E-state index >= 15 is 0 Å². The first-order valence-corrected chi connectivity index (χ1v) is 6.12. The van der Waals surface area contributed by atoms with E-state index in [1.165, 1.54) is 38.5 Å². The zero-order chi connectivity index (χ0) is 10.1. The van der Waals surface area contributed by atoms with Gasteiger partial charge in [-0.25, -0.2) is 0 Å². The van der Waals surface area contributed by atoms with Gasteiger partial charge >= 0.3 is 0 Å². The molecule has 0 aromatic heterocycles. The Kier molecular flexibility index (Phi) is 6.77. The highest BCUT2D eigenvalue weighted by Gasteiger charge is 2.11. The number of hydrogen-bond donors (Lipinski definition) is 0. The van der Waals surface area contributed by atoms with Gasteiger partial charge in [-0.2, -0.15) is 0 Å². The molecule has 1 saturated carbocycles. The molecule has 0 aromatic rings. The maximum Gasteiger partial charge on any atom is 0.0494 e. The summed E-state index contributed by atoms with van der Waals surface area (Å²) in [4.78, 5) is 0. The zero-order valence-corrected chi connectivity index (χ0v) is 9.34. The van der Waals surface area contributed by atoms with Crippen LogP contribution in [0.3, 0.4) is 0 Å². The lowest BCUT2D eigenvalue weighted by atomic mass is 10.0. The molecule has 1 heteroatoms. The monoisotopic (exact) mass is 196 g/mol. The Hall–Kier alpha value is -0.300. The van der Waals surface area contributed by atoms with Crippen LogP contribution in [0.4, 0.5) is 0 Å². The van der Waals surface area contributed by atoms with Crippen LogP contribution < -0.4 is 0 Å². The third-order valence-electron chi connectivity index (χ3n) is 3.03. The molecule has 82 valence electrons. The van der Waals surface area contributed by atoms with Crippen LogP contribution in [0.1, 0.15) is 51.4 Å². The van der Waals surface area contributed by atoms with Crippen molar-refractivity contribution >= 4 is 0 Å². The summed E-state index contributed by atoms with van der Waals surface area (Å²) in [5.41, 5.74) is 0. The molecule has 0 amide bonds. The predicted molar refractivity (Wildman–Crippen MR) is 61.4 cm³/mol. The lowest BCUT2D eigenvalue weighted by Gasteiger charge is -2.13. The van der Waals surface area contributed by atoms with Crippen LogP contribution in [0.15, 0.2) is 12.7 Å². The summed E-state index contributed by atoms with van der Waals surface area (Å²) in [6.45, 7) is 5.62. The summed E-state index contributed by atoms with van der Waals surface area (Å²) in [6.07, 6.45) is 12.7. The molecule has 1 aliphatic carbocycles.